The molecule has 32 heavy (non-hydrogen) atoms. The summed E-state index contributed by atoms with van der Waals surface area (Å²) in [6, 6.07) is 17.2. The van der Waals surface area contributed by atoms with E-state index in [4.69, 9.17) is 9.47 Å². The number of carbonyl (C=O) groups is 2. The molecule has 0 unspecified atom stereocenters. The second-order valence-electron chi connectivity index (χ2n) is 7.47. The Bertz CT molecular complexity index is 884. The van der Waals surface area contributed by atoms with Gasteiger partial charge in [-0.05, 0) is 55.2 Å². The highest BCUT2D eigenvalue weighted by Crippen LogP contribution is 2.17. The number of thioether (sulfide) groups is 1. The Hall–Kier alpha value is -2.84. The van der Waals surface area contributed by atoms with Crippen molar-refractivity contribution < 1.29 is 19.1 Å². The number of rotatable bonds is 11. The molecule has 1 fully saturated rings. The molecule has 0 aliphatic carbocycles. The maximum absolute atomic E-state index is 12.2. The van der Waals surface area contributed by atoms with Gasteiger partial charge in [-0.2, -0.15) is 5.10 Å². The number of carbonyl (C=O) groups excluding carboxylic acids is 2. The summed E-state index contributed by atoms with van der Waals surface area (Å²) in [5.41, 5.74) is 4.57. The van der Waals surface area contributed by atoms with Gasteiger partial charge in [0.15, 0.2) is 6.61 Å². The average Bonchev–Trinajstić information content (AvgIpc) is 3.35. The van der Waals surface area contributed by atoms with Crippen LogP contribution in [-0.4, -0.2) is 49.1 Å². The summed E-state index contributed by atoms with van der Waals surface area (Å²) < 4.78 is 11.0. The van der Waals surface area contributed by atoms with Gasteiger partial charge < -0.3 is 14.8 Å². The van der Waals surface area contributed by atoms with Gasteiger partial charge in [0.1, 0.15) is 5.75 Å². The zero-order valence-corrected chi connectivity index (χ0v) is 19.0. The van der Waals surface area contributed by atoms with E-state index in [1.165, 1.54) is 5.56 Å². The molecule has 7 nitrogen and oxygen atoms in total. The molecule has 3 rings (SSSR count). The van der Waals surface area contributed by atoms with Crippen LogP contribution in [0, 0.1) is 0 Å². The lowest BCUT2D eigenvalue weighted by Crippen LogP contribution is -2.35. The van der Waals surface area contributed by atoms with Crippen molar-refractivity contribution in [1.29, 1.82) is 0 Å². The minimum Gasteiger partial charge on any atom is -0.484 e. The lowest BCUT2D eigenvalue weighted by molar-refractivity contribution is -0.123. The highest BCUT2D eigenvalue weighted by molar-refractivity contribution is 7.99. The number of hydrazone groups is 1. The van der Waals surface area contributed by atoms with Crippen LogP contribution in [0.25, 0.3) is 0 Å². The van der Waals surface area contributed by atoms with E-state index >= 15 is 0 Å². The van der Waals surface area contributed by atoms with E-state index in [1.807, 2.05) is 49.4 Å². The third kappa shape index (κ3) is 8.36. The van der Waals surface area contributed by atoms with Gasteiger partial charge >= 0.3 is 0 Å². The van der Waals surface area contributed by atoms with Gasteiger partial charge in [0.05, 0.1) is 17.6 Å². The number of hydrogen-bond acceptors (Lipinski definition) is 6. The summed E-state index contributed by atoms with van der Waals surface area (Å²) in [6.45, 7) is 3.10. The van der Waals surface area contributed by atoms with Crippen molar-refractivity contribution in [3.05, 3.63) is 65.7 Å². The number of benzene rings is 2. The topological polar surface area (TPSA) is 89.0 Å². The van der Waals surface area contributed by atoms with Gasteiger partial charge in [0, 0.05) is 18.9 Å². The van der Waals surface area contributed by atoms with Gasteiger partial charge in [0.25, 0.3) is 11.8 Å². The van der Waals surface area contributed by atoms with E-state index in [-0.39, 0.29) is 29.8 Å². The molecule has 1 aliphatic heterocycles. The molecule has 2 amide bonds. The summed E-state index contributed by atoms with van der Waals surface area (Å²) in [6.07, 6.45) is 3.71. The molecule has 0 bridgehead atoms. The van der Waals surface area contributed by atoms with Gasteiger partial charge in [-0.25, -0.2) is 5.43 Å². The lowest BCUT2D eigenvalue weighted by atomic mass is 10.2. The smallest absolute Gasteiger partial charge is 0.258 e. The van der Waals surface area contributed by atoms with Crippen LogP contribution < -0.4 is 15.5 Å². The highest BCUT2D eigenvalue weighted by Gasteiger charge is 2.16. The van der Waals surface area contributed by atoms with Crippen molar-refractivity contribution in [3.63, 3.8) is 0 Å². The Kier molecular flexibility index (Phi) is 9.59. The second kappa shape index (κ2) is 12.9. The molecule has 0 spiro atoms. The molecule has 0 saturated carbocycles. The fourth-order valence-corrected chi connectivity index (χ4v) is 3.85. The first-order valence-electron chi connectivity index (χ1n) is 10.7. The van der Waals surface area contributed by atoms with Crippen molar-refractivity contribution in [1.82, 2.24) is 10.7 Å². The van der Waals surface area contributed by atoms with E-state index < -0.39 is 0 Å². The van der Waals surface area contributed by atoms with Crippen LogP contribution in [0.3, 0.4) is 0 Å². The highest BCUT2D eigenvalue weighted by atomic mass is 32.2. The molecule has 2 aromatic carbocycles. The van der Waals surface area contributed by atoms with Crippen LogP contribution in [0.5, 0.6) is 5.75 Å². The minimum atomic E-state index is -0.213. The predicted molar refractivity (Wildman–Crippen MR) is 127 cm³/mol. The van der Waals surface area contributed by atoms with Crippen molar-refractivity contribution in [2.75, 3.05) is 19.8 Å². The molecular weight excluding hydrogens is 426 g/mol. The normalized spacial score (nSPS) is 16.6. The number of nitrogens with zero attached hydrogens (tertiary/aromatic N) is 1. The fraction of sp³-hybridized carbons (Fsp3) is 0.375. The summed E-state index contributed by atoms with van der Waals surface area (Å²) in [5, 5.41) is 6.64. The first-order valence-corrected chi connectivity index (χ1v) is 11.7. The third-order valence-electron chi connectivity index (χ3n) is 4.90. The summed E-state index contributed by atoms with van der Waals surface area (Å²) >= 11 is 1.56. The third-order valence-corrected chi connectivity index (χ3v) is 6.12. The Morgan fingerprint density at radius 3 is 2.72 bits per heavy atom. The van der Waals surface area contributed by atoms with Gasteiger partial charge in [0.2, 0.25) is 0 Å². The number of hydrogen-bond donors (Lipinski definition) is 2. The maximum atomic E-state index is 12.2. The Morgan fingerprint density at radius 1 is 1.22 bits per heavy atom. The van der Waals surface area contributed by atoms with Crippen LogP contribution in [0.1, 0.15) is 30.9 Å². The molecular formula is C24H29N3O4S. The molecule has 0 radical (unpaired) electrons. The van der Waals surface area contributed by atoms with Crippen molar-refractivity contribution in [2.24, 2.45) is 5.10 Å². The van der Waals surface area contributed by atoms with Crippen molar-refractivity contribution >= 4 is 29.8 Å². The summed E-state index contributed by atoms with van der Waals surface area (Å²) in [5.74, 6) is 1.04. The van der Waals surface area contributed by atoms with E-state index in [9.17, 15) is 9.59 Å². The van der Waals surface area contributed by atoms with E-state index in [0.29, 0.717) is 12.3 Å². The molecule has 2 atom stereocenters. The number of ether oxygens (including phenoxy) is 2. The quantitative estimate of drug-likeness (QED) is 0.401. The SMILES string of the molecule is C[C@H](SCc1ccccc1)C(=O)N/N=C\c1ccc(OCC(=O)NC[C@@H]2CCCO2)cc1. The Balaban J connectivity index is 1.34. The van der Waals surface area contributed by atoms with Crippen LogP contribution in [-0.2, 0) is 20.1 Å². The van der Waals surface area contributed by atoms with Gasteiger partial charge in [-0.3, -0.25) is 9.59 Å². The zero-order chi connectivity index (χ0) is 22.6. The molecule has 170 valence electrons. The van der Waals surface area contributed by atoms with E-state index in [2.05, 4.69) is 15.8 Å². The van der Waals surface area contributed by atoms with Crippen LogP contribution in [0.2, 0.25) is 0 Å². The second-order valence-corrected chi connectivity index (χ2v) is 8.80. The largest absolute Gasteiger partial charge is 0.484 e. The first-order chi connectivity index (χ1) is 15.6. The minimum absolute atomic E-state index is 0.0469. The predicted octanol–water partition coefficient (Wildman–Crippen LogP) is 3.13. The molecule has 2 aromatic rings. The van der Waals surface area contributed by atoms with Crippen molar-refractivity contribution in [3.8, 4) is 5.75 Å². The number of amides is 2. The van der Waals surface area contributed by atoms with E-state index in [1.54, 1.807) is 30.1 Å². The Labute approximate surface area is 193 Å². The van der Waals surface area contributed by atoms with Gasteiger partial charge in [-0.15, -0.1) is 11.8 Å². The first kappa shape index (κ1) is 23.8. The monoisotopic (exact) mass is 455 g/mol. The van der Waals surface area contributed by atoms with Gasteiger partial charge in [-0.1, -0.05) is 30.3 Å². The molecule has 1 heterocycles. The molecule has 1 saturated heterocycles. The molecule has 1 aliphatic rings. The van der Waals surface area contributed by atoms with Crippen LogP contribution in [0.15, 0.2) is 59.7 Å². The van der Waals surface area contributed by atoms with Crippen molar-refractivity contribution in [2.45, 2.75) is 36.9 Å². The van der Waals surface area contributed by atoms with Crippen LogP contribution >= 0.6 is 11.8 Å². The summed E-state index contributed by atoms with van der Waals surface area (Å²) in [7, 11) is 0. The fourth-order valence-electron chi connectivity index (χ4n) is 3.02. The van der Waals surface area contributed by atoms with E-state index in [0.717, 1.165) is 30.8 Å². The molecule has 0 aromatic heterocycles. The number of nitrogens with one attached hydrogen (secondary N) is 2. The maximum Gasteiger partial charge on any atom is 0.258 e. The average molecular weight is 456 g/mol. The standard InChI is InChI=1S/C24H29N3O4S/c1-18(32-17-20-6-3-2-4-7-20)24(29)27-26-14-19-9-11-21(12-10-19)31-16-23(28)25-15-22-8-5-13-30-22/h2-4,6-7,9-12,14,18,22H,5,8,13,15-17H2,1H3,(H,25,28)(H,27,29)/b26-14-/t18-,22-/m0/s1. The van der Waals surface area contributed by atoms with Crippen LogP contribution in [0.4, 0.5) is 0 Å². The molecule has 8 heteroatoms. The zero-order valence-electron chi connectivity index (χ0n) is 18.2. The Morgan fingerprint density at radius 2 is 2.00 bits per heavy atom. The lowest BCUT2D eigenvalue weighted by Gasteiger charge is -2.11. The summed E-state index contributed by atoms with van der Waals surface area (Å²) in [4.78, 5) is 24.1. The molecule has 2 N–H and O–H groups in total.